The van der Waals surface area contributed by atoms with Crippen LogP contribution in [0.2, 0.25) is 0 Å². The van der Waals surface area contributed by atoms with E-state index in [1.54, 1.807) is 0 Å². The van der Waals surface area contributed by atoms with E-state index in [1.807, 2.05) is 31.3 Å². The van der Waals surface area contributed by atoms with Crippen molar-refractivity contribution in [2.45, 2.75) is 13.1 Å². The number of nitriles is 1. The van der Waals surface area contributed by atoms with Crippen LogP contribution in [0.5, 0.6) is 0 Å². The Morgan fingerprint density at radius 1 is 1.05 bits per heavy atom. The van der Waals surface area contributed by atoms with Gasteiger partial charge in [0, 0.05) is 30.2 Å². The maximum Gasteiger partial charge on any atom is 0.0995 e. The Hall–Kier alpha value is -2.57. The summed E-state index contributed by atoms with van der Waals surface area (Å²) >= 11 is 0. The summed E-state index contributed by atoms with van der Waals surface area (Å²) in [5.41, 5.74) is 4.29. The summed E-state index contributed by atoms with van der Waals surface area (Å²) < 4.78 is 2.20. The van der Waals surface area contributed by atoms with Gasteiger partial charge >= 0.3 is 0 Å². The highest BCUT2D eigenvalue weighted by atomic mass is 15.0. The molecule has 0 saturated carbocycles. The molecule has 1 aromatic heterocycles. The number of nitrogens with one attached hydrogen (secondary N) is 1. The normalized spacial score (nSPS) is 10.7. The largest absolute Gasteiger partial charge is 0.343 e. The first kappa shape index (κ1) is 13.4. The second kappa shape index (κ2) is 5.82. The number of nitrogens with zero attached hydrogens (tertiary/aromatic N) is 2. The fraction of sp³-hybridized carbons (Fsp3) is 0.167. The zero-order valence-electron chi connectivity index (χ0n) is 12.0. The van der Waals surface area contributed by atoms with Gasteiger partial charge < -0.3 is 9.88 Å². The lowest BCUT2D eigenvalue weighted by molar-refractivity contribution is 0.820. The fourth-order valence-electron chi connectivity index (χ4n) is 2.72. The molecule has 0 fully saturated rings. The van der Waals surface area contributed by atoms with Gasteiger partial charge in [0.1, 0.15) is 0 Å². The van der Waals surface area contributed by atoms with Crippen LogP contribution in [0.3, 0.4) is 0 Å². The quantitative estimate of drug-likeness (QED) is 0.794. The Bertz CT molecular complexity index is 809. The Balaban J connectivity index is 2.02. The number of rotatable bonds is 4. The average Bonchev–Trinajstić information content (AvgIpc) is 2.92. The minimum atomic E-state index is 0.718. The molecule has 1 heterocycles. The molecule has 1 N–H and O–H groups in total. The summed E-state index contributed by atoms with van der Waals surface area (Å²) in [6.45, 7) is 1.58. The first-order valence-electron chi connectivity index (χ1n) is 7.03. The van der Waals surface area contributed by atoms with Gasteiger partial charge in [-0.3, -0.25) is 0 Å². The van der Waals surface area contributed by atoms with Gasteiger partial charge in [0.2, 0.25) is 0 Å². The van der Waals surface area contributed by atoms with Gasteiger partial charge in [0.15, 0.2) is 0 Å². The third kappa shape index (κ3) is 2.54. The van der Waals surface area contributed by atoms with E-state index in [0.717, 1.165) is 24.2 Å². The lowest BCUT2D eigenvalue weighted by Gasteiger charge is -2.08. The number of benzene rings is 2. The molecule has 3 aromatic rings. The lowest BCUT2D eigenvalue weighted by atomic mass is 10.1. The molecule has 3 rings (SSSR count). The molecule has 0 aliphatic rings. The highest BCUT2D eigenvalue weighted by Gasteiger charge is 2.07. The van der Waals surface area contributed by atoms with Crippen molar-refractivity contribution in [1.29, 1.82) is 5.26 Å². The van der Waals surface area contributed by atoms with Crippen LogP contribution in [0.25, 0.3) is 10.9 Å². The number of fused-ring (bicyclic) bond motifs is 1. The molecule has 3 nitrogen and oxygen atoms in total. The molecule has 104 valence electrons. The van der Waals surface area contributed by atoms with E-state index in [4.69, 9.17) is 0 Å². The van der Waals surface area contributed by atoms with Gasteiger partial charge in [-0.05, 0) is 36.4 Å². The summed E-state index contributed by atoms with van der Waals surface area (Å²) in [6, 6.07) is 18.5. The summed E-state index contributed by atoms with van der Waals surface area (Å²) in [6.07, 6.45) is 2.10. The Labute approximate surface area is 124 Å². The zero-order chi connectivity index (χ0) is 14.7. The van der Waals surface area contributed by atoms with E-state index >= 15 is 0 Å². The Kier molecular flexibility index (Phi) is 3.72. The van der Waals surface area contributed by atoms with Crippen molar-refractivity contribution in [1.82, 2.24) is 9.88 Å². The van der Waals surface area contributed by atoms with Crippen LogP contribution < -0.4 is 5.32 Å². The lowest BCUT2D eigenvalue weighted by Crippen LogP contribution is -2.05. The molecule has 0 spiro atoms. The Morgan fingerprint density at radius 3 is 2.67 bits per heavy atom. The molecular formula is C18H17N3. The van der Waals surface area contributed by atoms with Crippen LogP contribution in [0.15, 0.2) is 54.7 Å². The Morgan fingerprint density at radius 2 is 1.86 bits per heavy atom. The van der Waals surface area contributed by atoms with E-state index in [-0.39, 0.29) is 0 Å². The van der Waals surface area contributed by atoms with Crippen LogP contribution in [0.4, 0.5) is 0 Å². The average molecular weight is 275 g/mol. The maximum atomic E-state index is 9.21. The molecule has 0 aliphatic heterocycles. The highest BCUT2D eigenvalue weighted by molar-refractivity contribution is 5.83. The summed E-state index contributed by atoms with van der Waals surface area (Å²) in [7, 11) is 1.96. The molecule has 0 unspecified atom stereocenters. The molecule has 0 saturated heterocycles. The minimum Gasteiger partial charge on any atom is -0.343 e. The molecule has 0 bridgehead atoms. The monoisotopic (exact) mass is 275 g/mol. The first-order valence-corrected chi connectivity index (χ1v) is 7.03. The van der Waals surface area contributed by atoms with E-state index < -0.39 is 0 Å². The number of aromatic nitrogens is 1. The zero-order valence-corrected chi connectivity index (χ0v) is 12.0. The second-order valence-corrected chi connectivity index (χ2v) is 5.09. The molecule has 3 heteroatoms. The number of hydrogen-bond acceptors (Lipinski definition) is 2. The van der Waals surface area contributed by atoms with Crippen LogP contribution in [-0.2, 0) is 13.1 Å². The molecule has 2 aromatic carbocycles. The van der Waals surface area contributed by atoms with Crippen LogP contribution in [0.1, 0.15) is 16.7 Å². The summed E-state index contributed by atoms with van der Waals surface area (Å²) in [4.78, 5) is 0. The van der Waals surface area contributed by atoms with Crippen molar-refractivity contribution in [2.75, 3.05) is 7.05 Å². The standard InChI is InChI=1S/C18H17N3/c1-20-12-15-7-4-8-18-17(15)9-10-21(18)13-16-6-3-2-5-14(16)11-19/h2-10,20H,12-13H2,1H3. The van der Waals surface area contributed by atoms with Crippen molar-refractivity contribution in [3.63, 3.8) is 0 Å². The van der Waals surface area contributed by atoms with Crippen LogP contribution >= 0.6 is 0 Å². The second-order valence-electron chi connectivity index (χ2n) is 5.09. The van der Waals surface area contributed by atoms with E-state index in [0.29, 0.717) is 0 Å². The van der Waals surface area contributed by atoms with Gasteiger partial charge in [-0.15, -0.1) is 0 Å². The highest BCUT2D eigenvalue weighted by Crippen LogP contribution is 2.22. The predicted molar refractivity (Wildman–Crippen MR) is 85.0 cm³/mol. The molecular weight excluding hydrogens is 258 g/mol. The summed E-state index contributed by atoms with van der Waals surface area (Å²) in [5, 5.41) is 13.7. The molecule has 0 atom stereocenters. The molecule has 0 amide bonds. The van der Waals surface area contributed by atoms with Crippen molar-refractivity contribution < 1.29 is 0 Å². The van der Waals surface area contributed by atoms with Crippen LogP contribution in [-0.4, -0.2) is 11.6 Å². The van der Waals surface area contributed by atoms with Crippen molar-refractivity contribution in [2.24, 2.45) is 0 Å². The van der Waals surface area contributed by atoms with Gasteiger partial charge in [0.05, 0.1) is 11.6 Å². The van der Waals surface area contributed by atoms with Crippen LogP contribution in [0, 0.1) is 11.3 Å². The third-order valence-electron chi connectivity index (χ3n) is 3.75. The fourth-order valence-corrected chi connectivity index (χ4v) is 2.72. The van der Waals surface area contributed by atoms with Gasteiger partial charge in [-0.25, -0.2) is 0 Å². The van der Waals surface area contributed by atoms with E-state index in [2.05, 4.69) is 46.4 Å². The predicted octanol–water partition coefficient (Wildman–Crippen LogP) is 3.28. The van der Waals surface area contributed by atoms with Crippen molar-refractivity contribution in [3.05, 3.63) is 71.4 Å². The maximum absolute atomic E-state index is 9.21. The topological polar surface area (TPSA) is 40.8 Å². The van der Waals surface area contributed by atoms with Gasteiger partial charge in [-0.2, -0.15) is 5.26 Å². The summed E-state index contributed by atoms with van der Waals surface area (Å²) in [5.74, 6) is 0. The van der Waals surface area contributed by atoms with Gasteiger partial charge in [-0.1, -0.05) is 30.3 Å². The molecule has 0 radical (unpaired) electrons. The first-order chi connectivity index (χ1) is 10.3. The van der Waals surface area contributed by atoms with E-state index in [1.165, 1.54) is 16.5 Å². The SMILES string of the molecule is CNCc1cccc2c1ccn2Cc1ccccc1C#N. The molecule has 21 heavy (non-hydrogen) atoms. The smallest absolute Gasteiger partial charge is 0.0995 e. The minimum absolute atomic E-state index is 0.718. The van der Waals surface area contributed by atoms with Crippen molar-refractivity contribution in [3.8, 4) is 6.07 Å². The number of hydrogen-bond donors (Lipinski definition) is 1. The third-order valence-corrected chi connectivity index (χ3v) is 3.75. The van der Waals surface area contributed by atoms with Crippen molar-refractivity contribution >= 4 is 10.9 Å². The van der Waals surface area contributed by atoms with Gasteiger partial charge in [0.25, 0.3) is 0 Å². The molecule has 0 aliphatic carbocycles. The van der Waals surface area contributed by atoms with E-state index in [9.17, 15) is 5.26 Å².